The minimum Gasteiger partial charge on any atom is -0.388 e. The summed E-state index contributed by atoms with van der Waals surface area (Å²) in [6, 6.07) is 4.14. The van der Waals surface area contributed by atoms with Crippen LogP contribution < -0.4 is 5.43 Å². The van der Waals surface area contributed by atoms with Crippen LogP contribution in [0.5, 0.6) is 0 Å². The van der Waals surface area contributed by atoms with Crippen molar-refractivity contribution in [2.75, 3.05) is 12.0 Å². The molecule has 0 spiro atoms. The Labute approximate surface area is 92.1 Å². The molecule has 0 radical (unpaired) electrons. The third-order valence-corrected chi connectivity index (χ3v) is 3.15. The van der Waals surface area contributed by atoms with Crippen LogP contribution in [-0.2, 0) is 0 Å². The van der Waals surface area contributed by atoms with Gasteiger partial charge in [0.05, 0.1) is 12.1 Å². The smallest absolute Gasteiger partial charge is 0.0830 e. The van der Waals surface area contributed by atoms with E-state index in [1.165, 1.54) is 11.4 Å². The minimum absolute atomic E-state index is 0.594. The van der Waals surface area contributed by atoms with Crippen LogP contribution >= 0.6 is 0 Å². The van der Waals surface area contributed by atoms with Crippen LogP contribution in [0.1, 0.15) is 38.1 Å². The van der Waals surface area contributed by atoms with Gasteiger partial charge in [-0.25, -0.2) is 0 Å². The molecule has 0 aliphatic rings. The normalized spacial score (nSPS) is 11.8. The highest BCUT2D eigenvalue weighted by Crippen LogP contribution is 2.14. The molecule has 2 N–H and O–H groups in total. The summed E-state index contributed by atoms with van der Waals surface area (Å²) >= 11 is 0. The van der Waals surface area contributed by atoms with Crippen LogP contribution in [0, 0.1) is 13.8 Å². The monoisotopic (exact) mass is 210 g/mol. The van der Waals surface area contributed by atoms with E-state index in [4.69, 9.17) is 0 Å². The lowest BCUT2D eigenvalue weighted by Crippen LogP contribution is -2.38. The van der Waals surface area contributed by atoms with Crippen molar-refractivity contribution in [3.05, 3.63) is 23.5 Å². The molecule has 1 rings (SSSR count). The number of hydrogen-bond donors (Lipinski definition) is 2. The van der Waals surface area contributed by atoms with E-state index in [1.54, 1.807) is 0 Å². The van der Waals surface area contributed by atoms with Gasteiger partial charge < -0.3 is 10.5 Å². The fourth-order valence-corrected chi connectivity index (χ4v) is 1.64. The van der Waals surface area contributed by atoms with Gasteiger partial charge in [-0.3, -0.25) is 4.68 Å². The van der Waals surface area contributed by atoms with Crippen LogP contribution in [0.2, 0.25) is 0 Å². The van der Waals surface area contributed by atoms with Crippen LogP contribution in [0.4, 0.5) is 0 Å². The first kappa shape index (κ1) is 12.1. The van der Waals surface area contributed by atoms with Gasteiger partial charge in [0, 0.05) is 11.4 Å². The second-order valence-electron chi connectivity index (χ2n) is 4.22. The van der Waals surface area contributed by atoms with E-state index in [-0.39, 0.29) is 0 Å². The molecule has 0 unspecified atom stereocenters. The Morgan fingerprint density at radius 2 is 1.67 bits per heavy atom. The number of nitrogens with zero attached hydrogens (tertiary/aromatic N) is 1. The van der Waals surface area contributed by atoms with Crippen LogP contribution in [0.15, 0.2) is 12.1 Å². The number of aliphatic hydroxyl groups is 1. The molecule has 0 aliphatic heterocycles. The highest BCUT2D eigenvalue weighted by Gasteiger charge is 2.21. The zero-order chi connectivity index (χ0) is 11.5. The molecule has 3 nitrogen and oxygen atoms in total. The second-order valence-corrected chi connectivity index (χ2v) is 4.22. The molecular weight excluding hydrogens is 188 g/mol. The molecule has 86 valence electrons. The van der Waals surface area contributed by atoms with Crippen LogP contribution in [0.25, 0.3) is 0 Å². The summed E-state index contributed by atoms with van der Waals surface area (Å²) in [5, 5.41) is 10.1. The Bertz CT molecular complexity index is 294. The lowest BCUT2D eigenvalue weighted by atomic mass is 9.98. The number of rotatable bonds is 5. The van der Waals surface area contributed by atoms with Crippen molar-refractivity contribution >= 4 is 0 Å². The molecule has 0 saturated carbocycles. The molecule has 1 aromatic rings. The lowest BCUT2D eigenvalue weighted by Gasteiger charge is -2.27. The molecule has 0 aliphatic carbocycles. The molecule has 0 bridgehead atoms. The van der Waals surface area contributed by atoms with Gasteiger partial charge in [0.1, 0.15) is 0 Å². The Hall–Kier alpha value is -0.960. The van der Waals surface area contributed by atoms with Gasteiger partial charge in [0.25, 0.3) is 0 Å². The Morgan fingerprint density at radius 1 is 1.20 bits per heavy atom. The van der Waals surface area contributed by atoms with Gasteiger partial charge >= 0.3 is 0 Å². The lowest BCUT2D eigenvalue weighted by molar-refractivity contribution is 0.0430. The number of aromatic nitrogens is 1. The van der Waals surface area contributed by atoms with E-state index < -0.39 is 5.60 Å². The summed E-state index contributed by atoms with van der Waals surface area (Å²) < 4.78 is 2.02. The van der Waals surface area contributed by atoms with E-state index in [2.05, 4.69) is 31.4 Å². The first-order chi connectivity index (χ1) is 7.02. The first-order valence-corrected chi connectivity index (χ1v) is 5.63. The summed E-state index contributed by atoms with van der Waals surface area (Å²) in [5.74, 6) is 0. The standard InChI is InChI=1S/C12H22N2O/c1-5-12(15,6-2)9-13-14-10(3)7-8-11(14)4/h7-8,13,15H,5-6,9H2,1-4H3. The highest BCUT2D eigenvalue weighted by atomic mass is 16.3. The first-order valence-electron chi connectivity index (χ1n) is 5.63. The van der Waals surface area contributed by atoms with Crippen molar-refractivity contribution in [2.24, 2.45) is 0 Å². The SMILES string of the molecule is CCC(O)(CC)CNn1c(C)ccc1C. The number of nitrogens with one attached hydrogen (secondary N) is 1. The van der Waals surface area contributed by atoms with Gasteiger partial charge in [0.2, 0.25) is 0 Å². The molecular formula is C12H22N2O. The molecule has 0 aromatic carbocycles. The predicted molar refractivity (Wildman–Crippen MR) is 63.7 cm³/mol. The number of hydrogen-bond acceptors (Lipinski definition) is 2. The maximum Gasteiger partial charge on any atom is 0.0830 e. The zero-order valence-corrected chi connectivity index (χ0v) is 10.2. The second kappa shape index (κ2) is 4.71. The number of aryl methyl sites for hydroxylation is 2. The van der Waals surface area contributed by atoms with E-state index in [0.717, 1.165) is 12.8 Å². The van der Waals surface area contributed by atoms with E-state index in [0.29, 0.717) is 6.54 Å². The molecule has 3 heteroatoms. The van der Waals surface area contributed by atoms with Crippen molar-refractivity contribution in [3.63, 3.8) is 0 Å². The fraction of sp³-hybridized carbons (Fsp3) is 0.667. The maximum absolute atomic E-state index is 10.1. The van der Waals surface area contributed by atoms with Gasteiger partial charge in [-0.05, 0) is 38.8 Å². The predicted octanol–water partition coefficient (Wildman–Crippen LogP) is 2.20. The molecule has 0 amide bonds. The van der Waals surface area contributed by atoms with Crippen molar-refractivity contribution in [2.45, 2.75) is 46.1 Å². The summed E-state index contributed by atoms with van der Waals surface area (Å²) in [5.41, 5.74) is 5.01. The van der Waals surface area contributed by atoms with Crippen molar-refractivity contribution in [3.8, 4) is 0 Å². The topological polar surface area (TPSA) is 37.2 Å². The molecule has 1 aromatic heterocycles. The van der Waals surface area contributed by atoms with Crippen LogP contribution in [-0.4, -0.2) is 21.9 Å². The zero-order valence-electron chi connectivity index (χ0n) is 10.2. The average molecular weight is 210 g/mol. The van der Waals surface area contributed by atoms with E-state index in [9.17, 15) is 5.11 Å². The molecule has 1 heterocycles. The highest BCUT2D eigenvalue weighted by molar-refractivity contribution is 5.15. The molecule has 0 fully saturated rings. The molecule has 0 atom stereocenters. The summed E-state index contributed by atoms with van der Waals surface area (Å²) in [6.45, 7) is 8.73. The fourth-order valence-electron chi connectivity index (χ4n) is 1.64. The third kappa shape index (κ3) is 2.75. The maximum atomic E-state index is 10.1. The van der Waals surface area contributed by atoms with Crippen molar-refractivity contribution < 1.29 is 5.11 Å². The van der Waals surface area contributed by atoms with Gasteiger partial charge in [-0.1, -0.05) is 13.8 Å². The molecule has 0 saturated heterocycles. The quantitative estimate of drug-likeness (QED) is 0.781. The summed E-state index contributed by atoms with van der Waals surface area (Å²) in [7, 11) is 0. The Morgan fingerprint density at radius 3 is 2.07 bits per heavy atom. The Balaban J connectivity index is 2.64. The van der Waals surface area contributed by atoms with Crippen molar-refractivity contribution in [1.29, 1.82) is 0 Å². The minimum atomic E-state index is -0.594. The van der Waals surface area contributed by atoms with Crippen molar-refractivity contribution in [1.82, 2.24) is 4.68 Å². The largest absolute Gasteiger partial charge is 0.388 e. The average Bonchev–Trinajstić information content (AvgIpc) is 2.56. The van der Waals surface area contributed by atoms with E-state index >= 15 is 0 Å². The van der Waals surface area contributed by atoms with Gasteiger partial charge in [0.15, 0.2) is 0 Å². The molecule has 15 heavy (non-hydrogen) atoms. The Kier molecular flexibility index (Phi) is 3.80. The summed E-state index contributed by atoms with van der Waals surface area (Å²) in [6.07, 6.45) is 1.55. The third-order valence-electron chi connectivity index (χ3n) is 3.15. The van der Waals surface area contributed by atoms with Crippen LogP contribution in [0.3, 0.4) is 0 Å². The van der Waals surface area contributed by atoms with Gasteiger partial charge in [-0.15, -0.1) is 0 Å². The van der Waals surface area contributed by atoms with Gasteiger partial charge in [-0.2, -0.15) is 0 Å². The summed E-state index contributed by atoms with van der Waals surface area (Å²) in [4.78, 5) is 0. The van der Waals surface area contributed by atoms with E-state index in [1.807, 2.05) is 18.5 Å².